The zero-order chi connectivity index (χ0) is 15.8. The van der Waals surface area contributed by atoms with Gasteiger partial charge in [-0.1, -0.05) is 12.1 Å². The minimum absolute atomic E-state index is 0. The van der Waals surface area contributed by atoms with E-state index in [-0.39, 0.29) is 21.0 Å². The molecule has 0 fully saturated rings. The third-order valence-corrected chi connectivity index (χ3v) is 3.10. The predicted molar refractivity (Wildman–Crippen MR) is 109 cm³/mol. The molecule has 0 bridgehead atoms. The van der Waals surface area contributed by atoms with E-state index in [9.17, 15) is 0 Å². The van der Waals surface area contributed by atoms with Gasteiger partial charge in [-0.15, -0.1) is 59.3 Å². The summed E-state index contributed by atoms with van der Waals surface area (Å²) in [6.07, 6.45) is 0.120. The van der Waals surface area contributed by atoms with E-state index in [0.29, 0.717) is 0 Å². The van der Waals surface area contributed by atoms with E-state index in [1.54, 1.807) is 0 Å². The van der Waals surface area contributed by atoms with Crippen LogP contribution in [0.1, 0.15) is 0 Å². The van der Waals surface area contributed by atoms with E-state index in [2.05, 4.69) is 117 Å². The summed E-state index contributed by atoms with van der Waals surface area (Å²) < 4.78 is 0. The Balaban J connectivity index is 0.000000341. The first-order chi connectivity index (χ1) is 10.7. The van der Waals surface area contributed by atoms with E-state index in [0.717, 1.165) is 0 Å². The van der Waals surface area contributed by atoms with E-state index >= 15 is 0 Å². The Labute approximate surface area is 159 Å². The number of rotatable bonds is 0. The predicted octanol–water partition coefficient (Wildman–Crippen LogP) is 6.80. The summed E-state index contributed by atoms with van der Waals surface area (Å²) in [6.45, 7) is 4.54. The van der Waals surface area contributed by atoms with Crippen LogP contribution in [0.5, 0.6) is 0 Å². The van der Waals surface area contributed by atoms with Gasteiger partial charge in [-0.2, -0.15) is 35.0 Å². The number of hydrogen-bond donors (Lipinski definition) is 0. The Bertz CT molecular complexity index is 709. The van der Waals surface area contributed by atoms with Crippen LogP contribution in [0.3, 0.4) is 0 Å². The summed E-state index contributed by atoms with van der Waals surface area (Å²) in [6, 6.07) is 29.3. The van der Waals surface area contributed by atoms with E-state index in [1.165, 1.54) is 21.5 Å². The van der Waals surface area contributed by atoms with Gasteiger partial charge in [0.1, 0.15) is 0 Å². The van der Waals surface area contributed by atoms with Crippen LogP contribution < -0.4 is 0 Å². The van der Waals surface area contributed by atoms with Gasteiger partial charge in [-0.05, 0) is 0 Å². The van der Waals surface area contributed by atoms with E-state index in [4.69, 9.17) is 0 Å². The van der Waals surface area contributed by atoms with Crippen LogP contribution >= 0.6 is 0 Å². The maximum Gasteiger partial charge on any atom is -0.0809 e. The van der Waals surface area contributed by atoms with E-state index < -0.39 is 0 Å². The Kier molecular flexibility index (Phi) is 11.3. The first kappa shape index (κ1) is 22.6. The zero-order valence-electron chi connectivity index (χ0n) is 15.1. The third kappa shape index (κ3) is 7.44. The van der Waals surface area contributed by atoms with Gasteiger partial charge < -0.3 is 14.9 Å². The molecule has 0 atom stereocenters. The minimum atomic E-state index is 0. The zero-order valence-corrected chi connectivity index (χ0v) is 17.6. The third-order valence-electron chi connectivity index (χ3n) is 3.10. The van der Waals surface area contributed by atoms with Gasteiger partial charge in [0.2, 0.25) is 0 Å². The molecule has 0 heterocycles. The fourth-order valence-corrected chi connectivity index (χ4v) is 2.14. The maximum atomic E-state index is 2.27. The minimum Gasteiger partial charge on any atom is -0.358 e. The van der Waals surface area contributed by atoms with Crippen LogP contribution in [-0.2, 0) is 19.2 Å². The average molecular weight is 366 g/mol. The Morgan fingerprint density at radius 3 is 1.33 bits per heavy atom. The first-order valence-corrected chi connectivity index (χ1v) is 12.2. The van der Waals surface area contributed by atoms with Crippen LogP contribution in [0.15, 0.2) is 84.9 Å². The van der Waals surface area contributed by atoms with Crippen molar-refractivity contribution in [1.29, 1.82) is 0 Å². The van der Waals surface area contributed by atoms with Crippen molar-refractivity contribution in [3.8, 4) is 0 Å². The Morgan fingerprint density at radius 2 is 1.00 bits per heavy atom. The molecule has 0 nitrogen and oxygen atoms in total. The van der Waals surface area contributed by atoms with Crippen molar-refractivity contribution < 1.29 is 19.2 Å². The molecule has 0 amide bonds. The molecule has 2 heteroatoms. The maximum absolute atomic E-state index is 2.27. The number of hydrogen-bond acceptors (Lipinski definition) is 0. The fourth-order valence-electron chi connectivity index (χ4n) is 2.14. The molecule has 4 aromatic rings. The molecule has 0 aliphatic carbocycles. The number of benzene rings is 2. The molecule has 0 spiro atoms. The summed E-state index contributed by atoms with van der Waals surface area (Å²) >= 11 is 2.27. The van der Waals surface area contributed by atoms with Gasteiger partial charge in [0, 0.05) is 0 Å². The Morgan fingerprint density at radius 1 is 0.667 bits per heavy atom. The molecule has 4 aromatic carbocycles. The van der Waals surface area contributed by atoms with Gasteiger partial charge in [0.05, 0.1) is 0 Å². The quantitative estimate of drug-likeness (QED) is 0.237. The summed E-state index contributed by atoms with van der Waals surface area (Å²) in [5, 5.41) is 5.32. The molecular formula is C22H26SiTi-4. The van der Waals surface area contributed by atoms with Gasteiger partial charge in [0.15, 0.2) is 0 Å². The van der Waals surface area contributed by atoms with Crippen molar-refractivity contribution in [2.24, 2.45) is 0 Å². The van der Waals surface area contributed by atoms with Crippen LogP contribution in [-0.4, -0.2) is 6.19 Å². The number of fused-ring (bicyclic) bond motifs is 2. The van der Waals surface area contributed by atoms with Crippen LogP contribution in [0, 0.1) is 14.9 Å². The molecule has 0 aliphatic heterocycles. The van der Waals surface area contributed by atoms with Crippen molar-refractivity contribution in [2.45, 2.75) is 13.1 Å². The summed E-state index contributed by atoms with van der Waals surface area (Å²) in [5.41, 5.74) is 0. The largest absolute Gasteiger partial charge is 0.358 e. The second-order valence-electron chi connectivity index (χ2n) is 5.31. The van der Waals surface area contributed by atoms with Crippen LogP contribution in [0.25, 0.3) is 21.5 Å². The molecule has 0 N–H and O–H groups in total. The molecule has 24 heavy (non-hydrogen) atoms. The molecule has 0 unspecified atom stereocenters. The molecule has 0 saturated carbocycles. The van der Waals surface area contributed by atoms with Crippen molar-refractivity contribution in [1.82, 2.24) is 0 Å². The van der Waals surface area contributed by atoms with Gasteiger partial charge in [-0.25, -0.2) is 0 Å². The first-order valence-electron chi connectivity index (χ1n) is 7.39. The van der Waals surface area contributed by atoms with Crippen molar-refractivity contribution in [3.63, 3.8) is 0 Å². The fraction of sp³-hybridized carbons (Fsp3) is 0.0909. The molecule has 0 saturated heterocycles. The van der Waals surface area contributed by atoms with Crippen molar-refractivity contribution in [2.75, 3.05) is 0 Å². The molecule has 4 rings (SSSR count). The molecule has 126 valence electrons. The standard InChI is InChI=1S/2C9H7.C2H6Si.2CH3.Ti/c2*1-2-5-9-7-3-6-8(9)4-1;1-3-2;;;/h2*1-7H;1-2H3;2*1H3;/q2*-1;;2*-1;. The normalized spacial score (nSPS) is 8.71. The summed E-state index contributed by atoms with van der Waals surface area (Å²) in [7, 11) is 0. The van der Waals surface area contributed by atoms with Crippen molar-refractivity contribution in [3.05, 3.63) is 99.8 Å². The second-order valence-corrected chi connectivity index (χ2v) is 12.0. The van der Waals surface area contributed by atoms with E-state index in [1.807, 2.05) is 0 Å². The average Bonchev–Trinajstić information content (AvgIpc) is 3.16. The second kappa shape index (κ2) is 12.0. The molecule has 0 radical (unpaired) electrons. The molecular weight excluding hydrogens is 340 g/mol. The topological polar surface area (TPSA) is 0 Å². The van der Waals surface area contributed by atoms with Crippen molar-refractivity contribution >= 4 is 27.7 Å². The SMILES string of the molecule is C[Si](C)=[Ti].[CH3-].[CH3-].c1ccc2[cH-]ccc2c1.c1ccc2[cH-]ccc2c1. The summed E-state index contributed by atoms with van der Waals surface area (Å²) in [5.74, 6) is 0. The van der Waals surface area contributed by atoms with Crippen LogP contribution in [0.4, 0.5) is 0 Å². The van der Waals surface area contributed by atoms with Gasteiger partial charge in [-0.3, -0.25) is 0 Å². The molecule has 0 aliphatic rings. The monoisotopic (exact) mass is 366 g/mol. The Hall–Kier alpha value is -1.41. The molecule has 0 aromatic heterocycles. The van der Waals surface area contributed by atoms with Gasteiger partial charge in [0.25, 0.3) is 0 Å². The van der Waals surface area contributed by atoms with Crippen LogP contribution in [0.2, 0.25) is 13.1 Å². The van der Waals surface area contributed by atoms with Gasteiger partial charge >= 0.3 is 38.5 Å². The smallest absolute Gasteiger partial charge is 0.0809 e. The summed E-state index contributed by atoms with van der Waals surface area (Å²) in [4.78, 5) is 0.